The molecule has 8 N–H and O–H groups in total. The predicted molar refractivity (Wildman–Crippen MR) is 154 cm³/mol. The van der Waals surface area contributed by atoms with E-state index in [1.54, 1.807) is 18.3 Å². The first-order valence-corrected chi connectivity index (χ1v) is 14.2. The van der Waals surface area contributed by atoms with Crippen LogP contribution in [0.15, 0.2) is 54.7 Å². The van der Waals surface area contributed by atoms with Gasteiger partial charge in [-0.3, -0.25) is 14.4 Å². The predicted octanol–water partition coefficient (Wildman–Crippen LogP) is 1.30. The Balaban J connectivity index is 1.82. The number of carbonyl (C=O) groups excluding carboxylic acids is 3. The molecule has 0 aliphatic rings. The summed E-state index contributed by atoms with van der Waals surface area (Å²) in [4.78, 5) is 54.2. The third kappa shape index (κ3) is 8.48. The van der Waals surface area contributed by atoms with Crippen molar-refractivity contribution >= 4 is 46.4 Å². The van der Waals surface area contributed by atoms with Crippen LogP contribution in [-0.4, -0.2) is 75.1 Å². The van der Waals surface area contributed by atoms with Gasteiger partial charge in [0.1, 0.15) is 23.9 Å². The number of aromatic hydroxyl groups is 1. The normalized spacial score (nSPS) is 14.1. The van der Waals surface area contributed by atoms with Crippen LogP contribution in [-0.2, 0) is 32.0 Å². The SMILES string of the molecule is CSCCC(NC(=O)C(C)N)C(=O)NC(Cc1ccc(O)cc1)C(=O)NC(Cc1c[nH]c2ccccc12)C(=O)O. The molecule has 4 atom stereocenters. The van der Waals surface area contributed by atoms with Crippen molar-refractivity contribution < 1.29 is 29.4 Å². The Morgan fingerprint density at radius 3 is 2.17 bits per heavy atom. The van der Waals surface area contributed by atoms with Crippen LogP contribution < -0.4 is 21.7 Å². The van der Waals surface area contributed by atoms with E-state index in [1.165, 1.54) is 30.8 Å². The van der Waals surface area contributed by atoms with E-state index in [4.69, 9.17) is 5.73 Å². The van der Waals surface area contributed by atoms with Crippen LogP contribution in [0.5, 0.6) is 5.75 Å². The highest BCUT2D eigenvalue weighted by Crippen LogP contribution is 2.19. The third-order valence-corrected chi connectivity index (χ3v) is 7.02. The lowest BCUT2D eigenvalue weighted by atomic mass is 10.0. The summed E-state index contributed by atoms with van der Waals surface area (Å²) >= 11 is 1.49. The van der Waals surface area contributed by atoms with Gasteiger partial charge in [0.15, 0.2) is 0 Å². The average Bonchev–Trinajstić information content (AvgIpc) is 3.33. The highest BCUT2D eigenvalue weighted by molar-refractivity contribution is 7.98. The van der Waals surface area contributed by atoms with Crippen molar-refractivity contribution in [2.45, 2.75) is 50.4 Å². The number of hydrogen-bond acceptors (Lipinski definition) is 7. The van der Waals surface area contributed by atoms with Gasteiger partial charge in [-0.1, -0.05) is 30.3 Å². The number of carbonyl (C=O) groups is 4. The first-order chi connectivity index (χ1) is 19.1. The number of phenols is 1. The van der Waals surface area contributed by atoms with Gasteiger partial charge >= 0.3 is 5.97 Å². The molecular weight excluding hydrogens is 534 g/mol. The molecule has 0 saturated heterocycles. The van der Waals surface area contributed by atoms with E-state index in [0.29, 0.717) is 17.7 Å². The number of carboxylic acid groups (broad SMARTS) is 1. The molecule has 40 heavy (non-hydrogen) atoms. The summed E-state index contributed by atoms with van der Waals surface area (Å²) in [6, 6.07) is 9.34. The van der Waals surface area contributed by atoms with E-state index in [-0.39, 0.29) is 18.6 Å². The fourth-order valence-corrected chi connectivity index (χ4v) is 4.62. The Bertz CT molecular complexity index is 1330. The summed E-state index contributed by atoms with van der Waals surface area (Å²) < 4.78 is 0. The fourth-order valence-electron chi connectivity index (χ4n) is 4.15. The zero-order valence-electron chi connectivity index (χ0n) is 22.3. The Kier molecular flexibility index (Phi) is 11.0. The van der Waals surface area contributed by atoms with Crippen LogP contribution in [0.25, 0.3) is 10.9 Å². The van der Waals surface area contributed by atoms with Gasteiger partial charge in [0.2, 0.25) is 17.7 Å². The number of hydrogen-bond donors (Lipinski definition) is 7. The molecule has 3 aromatic rings. The van der Waals surface area contributed by atoms with E-state index in [1.807, 2.05) is 30.5 Å². The maximum absolute atomic E-state index is 13.5. The summed E-state index contributed by atoms with van der Waals surface area (Å²) in [5.41, 5.74) is 7.85. The number of H-pyrrole nitrogens is 1. The molecule has 214 valence electrons. The van der Waals surface area contributed by atoms with E-state index in [0.717, 1.165) is 16.5 Å². The number of aromatic amines is 1. The number of amides is 3. The number of fused-ring (bicyclic) bond motifs is 1. The van der Waals surface area contributed by atoms with Crippen LogP contribution >= 0.6 is 11.8 Å². The number of rotatable bonds is 14. The molecule has 2 aromatic carbocycles. The second kappa shape index (κ2) is 14.4. The first kappa shape index (κ1) is 30.5. The van der Waals surface area contributed by atoms with Gasteiger partial charge in [-0.15, -0.1) is 0 Å². The fraction of sp³-hybridized carbons (Fsp3) is 0.357. The molecule has 11 nitrogen and oxygen atoms in total. The second-order valence-corrected chi connectivity index (χ2v) is 10.5. The monoisotopic (exact) mass is 569 g/mol. The third-order valence-electron chi connectivity index (χ3n) is 6.38. The zero-order chi connectivity index (χ0) is 29.2. The largest absolute Gasteiger partial charge is 0.508 e. The maximum Gasteiger partial charge on any atom is 0.326 e. The van der Waals surface area contributed by atoms with Crippen molar-refractivity contribution in [3.05, 3.63) is 65.9 Å². The van der Waals surface area contributed by atoms with Crippen molar-refractivity contribution in [1.82, 2.24) is 20.9 Å². The molecule has 0 bridgehead atoms. The lowest BCUT2D eigenvalue weighted by molar-refractivity contribution is -0.142. The molecule has 0 spiro atoms. The average molecular weight is 570 g/mol. The van der Waals surface area contributed by atoms with Gasteiger partial charge in [-0.25, -0.2) is 4.79 Å². The lowest BCUT2D eigenvalue weighted by Gasteiger charge is -2.25. The number of carboxylic acids is 1. The van der Waals surface area contributed by atoms with Crippen molar-refractivity contribution in [3.8, 4) is 5.75 Å². The van der Waals surface area contributed by atoms with Gasteiger partial charge in [0.25, 0.3) is 0 Å². The molecule has 0 saturated carbocycles. The molecule has 0 fully saturated rings. The molecular formula is C28H35N5O6S. The lowest BCUT2D eigenvalue weighted by Crippen LogP contribution is -2.57. The summed E-state index contributed by atoms with van der Waals surface area (Å²) in [6.07, 6.45) is 3.92. The Hall–Kier alpha value is -4.03. The second-order valence-electron chi connectivity index (χ2n) is 9.53. The topological polar surface area (TPSA) is 187 Å². The van der Waals surface area contributed by atoms with Crippen LogP contribution in [0.3, 0.4) is 0 Å². The van der Waals surface area contributed by atoms with Gasteiger partial charge in [-0.05, 0) is 54.7 Å². The molecule has 12 heteroatoms. The molecule has 0 aliphatic heterocycles. The van der Waals surface area contributed by atoms with Crippen molar-refractivity contribution in [3.63, 3.8) is 0 Å². The highest BCUT2D eigenvalue weighted by atomic mass is 32.2. The van der Waals surface area contributed by atoms with Crippen LogP contribution in [0.4, 0.5) is 0 Å². The van der Waals surface area contributed by atoms with Gasteiger partial charge in [0.05, 0.1) is 6.04 Å². The smallest absolute Gasteiger partial charge is 0.326 e. The number of nitrogens with two attached hydrogens (primary N) is 1. The summed E-state index contributed by atoms with van der Waals surface area (Å²) in [7, 11) is 0. The van der Waals surface area contributed by atoms with E-state index >= 15 is 0 Å². The van der Waals surface area contributed by atoms with Crippen LogP contribution in [0.1, 0.15) is 24.5 Å². The van der Waals surface area contributed by atoms with E-state index in [9.17, 15) is 29.4 Å². The zero-order valence-corrected chi connectivity index (χ0v) is 23.2. The summed E-state index contributed by atoms with van der Waals surface area (Å²) in [6.45, 7) is 1.50. The molecule has 0 aliphatic carbocycles. The minimum atomic E-state index is -1.27. The number of phenolic OH excluding ortho intramolecular Hbond substituents is 1. The number of aromatic nitrogens is 1. The minimum absolute atomic E-state index is 0.0196. The van der Waals surface area contributed by atoms with Gasteiger partial charge in [0, 0.05) is 29.9 Å². The molecule has 1 aromatic heterocycles. The standard InChI is InChI=1S/C28H35N5O6S/c1-16(29)25(35)31-22(11-12-40-2)26(36)32-23(13-17-7-9-19(34)10-8-17)27(37)33-24(28(38)39)14-18-15-30-21-6-4-3-5-20(18)21/h3-10,15-16,22-24,30,34H,11-14,29H2,1-2H3,(H,31,35)(H,32,36)(H,33,37)(H,38,39). The van der Waals surface area contributed by atoms with Crippen LogP contribution in [0, 0.1) is 0 Å². The molecule has 3 rings (SSSR count). The Morgan fingerprint density at radius 1 is 0.900 bits per heavy atom. The molecule has 3 amide bonds. The van der Waals surface area contributed by atoms with Crippen molar-refractivity contribution in [2.24, 2.45) is 5.73 Å². The number of thioether (sulfide) groups is 1. The van der Waals surface area contributed by atoms with Gasteiger partial charge in [-0.2, -0.15) is 11.8 Å². The first-order valence-electron chi connectivity index (χ1n) is 12.8. The van der Waals surface area contributed by atoms with E-state index in [2.05, 4.69) is 20.9 Å². The summed E-state index contributed by atoms with van der Waals surface area (Å²) in [5, 5.41) is 28.3. The van der Waals surface area contributed by atoms with E-state index < -0.39 is 47.9 Å². The van der Waals surface area contributed by atoms with Crippen molar-refractivity contribution in [1.29, 1.82) is 0 Å². The van der Waals surface area contributed by atoms with Crippen LogP contribution in [0.2, 0.25) is 0 Å². The number of benzene rings is 2. The Morgan fingerprint density at radius 2 is 1.52 bits per heavy atom. The van der Waals surface area contributed by atoms with Gasteiger partial charge < -0.3 is 36.9 Å². The van der Waals surface area contributed by atoms with Crippen molar-refractivity contribution in [2.75, 3.05) is 12.0 Å². The minimum Gasteiger partial charge on any atom is -0.508 e. The quantitative estimate of drug-likeness (QED) is 0.151. The molecule has 1 heterocycles. The summed E-state index contributed by atoms with van der Waals surface area (Å²) in [5.74, 6) is -2.42. The highest BCUT2D eigenvalue weighted by Gasteiger charge is 2.30. The molecule has 0 radical (unpaired) electrons. The maximum atomic E-state index is 13.5. The number of para-hydroxylation sites is 1. The number of aliphatic carboxylic acids is 1. The Labute approximate surface area is 236 Å². The molecule has 4 unspecified atom stereocenters. The number of nitrogens with one attached hydrogen (secondary N) is 4.